The van der Waals surface area contributed by atoms with Gasteiger partial charge in [-0.15, -0.1) is 12.6 Å². The lowest BCUT2D eigenvalue weighted by atomic mass is 9.94. The number of aliphatic hydroxyl groups excluding tert-OH is 7. The Morgan fingerprint density at radius 2 is 1.33 bits per heavy atom. The predicted octanol–water partition coefficient (Wildman–Crippen LogP) is -8.20. The molecule has 3 rings (SSSR count). The van der Waals surface area contributed by atoms with Crippen molar-refractivity contribution in [2.45, 2.75) is 89.6 Å². The van der Waals surface area contributed by atoms with Gasteiger partial charge in [-0.1, -0.05) is 0 Å². The summed E-state index contributed by atoms with van der Waals surface area (Å²) in [5, 5.41) is 81.2. The van der Waals surface area contributed by atoms with Crippen LogP contribution in [0.5, 0.6) is 0 Å². The van der Waals surface area contributed by atoms with Gasteiger partial charge in [0.1, 0.15) is 48.8 Å². The maximum absolute atomic E-state index is 12.0. The van der Waals surface area contributed by atoms with Crippen LogP contribution >= 0.6 is 12.6 Å². The summed E-state index contributed by atoms with van der Waals surface area (Å²) < 4.78 is 60.6. The lowest BCUT2D eigenvalue weighted by Gasteiger charge is -2.52. The third kappa shape index (κ3) is 5.81. The molecular formula is C18H35N3O16S2. The van der Waals surface area contributed by atoms with Gasteiger partial charge in [0.05, 0.1) is 31.9 Å². The average molecular weight is 614 g/mol. The normalized spacial score (nSPS) is 51.6. The van der Waals surface area contributed by atoms with Crippen LogP contribution in [0.4, 0.5) is 0 Å². The number of nitrogens with two attached hydrogens (primary N) is 3. The van der Waals surface area contributed by atoms with Crippen LogP contribution in [0, 0.1) is 0 Å². The Labute approximate surface area is 227 Å². The van der Waals surface area contributed by atoms with Gasteiger partial charge in [0.15, 0.2) is 23.8 Å². The van der Waals surface area contributed by atoms with Crippen molar-refractivity contribution < 1.29 is 77.5 Å². The van der Waals surface area contributed by atoms with Gasteiger partial charge in [-0.05, 0) is 0 Å². The SMILES string of the molecule is N[C@H]1[C@H](OC2[C@@H](CO)O[C@@H](O)[C@H](N)[C@H]2O)O[C@H](CO)C(O[C@H]2O[C@@](S)(CO)[C@H](O)[C@](O)(S(=O)(=O)O)[C@@H]2N)[C@@H]1O. The molecule has 2 unspecified atom stereocenters. The molecule has 19 nitrogen and oxygen atoms in total. The summed E-state index contributed by atoms with van der Waals surface area (Å²) in [6, 6.07) is -5.18. The molecular weight excluding hydrogens is 578 g/mol. The highest BCUT2D eigenvalue weighted by molar-refractivity contribution is 7.87. The zero-order valence-corrected chi connectivity index (χ0v) is 21.8. The smallest absolute Gasteiger partial charge is 0.299 e. The molecule has 0 bridgehead atoms. The first kappa shape index (κ1) is 33.1. The van der Waals surface area contributed by atoms with Crippen molar-refractivity contribution in [1.29, 1.82) is 0 Å². The Kier molecular flexibility index (Phi) is 10.3. The summed E-state index contributed by atoms with van der Waals surface area (Å²) in [5.41, 5.74) is 17.5. The molecule has 0 amide bonds. The van der Waals surface area contributed by atoms with Gasteiger partial charge in [-0.3, -0.25) is 4.55 Å². The van der Waals surface area contributed by atoms with E-state index in [0.717, 1.165) is 0 Å². The Balaban J connectivity index is 1.84. The highest BCUT2D eigenvalue weighted by atomic mass is 32.2. The van der Waals surface area contributed by atoms with E-state index >= 15 is 0 Å². The maximum atomic E-state index is 12.0. The predicted molar refractivity (Wildman–Crippen MR) is 126 cm³/mol. The van der Waals surface area contributed by atoms with E-state index in [-0.39, 0.29) is 0 Å². The third-order valence-corrected chi connectivity index (χ3v) is 8.77. The molecule has 3 heterocycles. The minimum absolute atomic E-state index is 0.735. The molecule has 230 valence electrons. The zero-order valence-electron chi connectivity index (χ0n) is 20.1. The maximum Gasteiger partial charge on any atom is 0.299 e. The molecule has 21 heteroatoms. The van der Waals surface area contributed by atoms with Crippen molar-refractivity contribution >= 4 is 22.7 Å². The lowest BCUT2D eigenvalue weighted by molar-refractivity contribution is -0.353. The van der Waals surface area contributed by atoms with E-state index in [0.29, 0.717) is 0 Å². The molecule has 39 heavy (non-hydrogen) atoms. The number of hydrogen-bond acceptors (Lipinski definition) is 19. The highest BCUT2D eigenvalue weighted by Gasteiger charge is 2.67. The van der Waals surface area contributed by atoms with E-state index in [9.17, 15) is 53.8 Å². The van der Waals surface area contributed by atoms with Crippen LogP contribution in [-0.4, -0.2) is 163 Å². The Bertz CT molecular complexity index is 949. The number of aliphatic hydroxyl groups is 8. The number of thiol groups is 1. The second-order valence-electron chi connectivity index (χ2n) is 9.45. The molecule has 0 spiro atoms. The quantitative estimate of drug-likeness (QED) is 0.0892. The minimum atomic E-state index is -5.58. The van der Waals surface area contributed by atoms with Gasteiger partial charge in [-0.2, -0.15) is 8.42 Å². The highest BCUT2D eigenvalue weighted by Crippen LogP contribution is 2.42. The first-order valence-corrected chi connectivity index (χ1v) is 13.4. The standard InChI is InChI=1S/C18H35N3O16S2/c19-6-8(25)10(4(1-22)33-13(6)27)35-14-7(20)9(26)11(5(2-23)34-14)36-15-12(21)18(29,39(30,31)32)16(28)17(38,3-24)37-15/h4-16,22-29,38H,1-3,19-21H2,(H,30,31,32)/t4-,5-,6-,7-,8-,9-,10?,11?,12-,13-,14+,15+,16+,17-,18-/m1/s1. The van der Waals surface area contributed by atoms with E-state index in [2.05, 4.69) is 12.6 Å². The van der Waals surface area contributed by atoms with E-state index in [4.69, 9.17) is 40.9 Å². The Morgan fingerprint density at radius 3 is 1.82 bits per heavy atom. The van der Waals surface area contributed by atoms with Gasteiger partial charge < -0.3 is 81.7 Å². The Hall–Kier alpha value is -0.380. The first-order valence-electron chi connectivity index (χ1n) is 11.5. The first-order chi connectivity index (χ1) is 18.0. The molecule has 0 aliphatic carbocycles. The van der Waals surface area contributed by atoms with Gasteiger partial charge in [0.2, 0.25) is 4.93 Å². The van der Waals surface area contributed by atoms with Crippen LogP contribution in [0.2, 0.25) is 0 Å². The van der Waals surface area contributed by atoms with Crippen LogP contribution in [0.15, 0.2) is 0 Å². The molecule has 0 radical (unpaired) electrons. The summed E-state index contributed by atoms with van der Waals surface area (Å²) in [6.45, 7) is -2.86. The largest absolute Gasteiger partial charge is 0.394 e. The topological polar surface area (TPSA) is 340 Å². The van der Waals surface area contributed by atoms with E-state index in [1.807, 2.05) is 0 Å². The fourth-order valence-corrected chi connectivity index (χ4v) is 5.86. The van der Waals surface area contributed by atoms with Gasteiger partial charge >= 0.3 is 0 Å². The summed E-state index contributed by atoms with van der Waals surface area (Å²) in [5.74, 6) is 0. The fourth-order valence-electron chi connectivity index (χ4n) is 4.55. The molecule has 3 fully saturated rings. The summed E-state index contributed by atoms with van der Waals surface area (Å²) in [6.07, 6.45) is -17.4. The second-order valence-corrected chi connectivity index (χ2v) is 11.8. The van der Waals surface area contributed by atoms with Crippen LogP contribution in [0.3, 0.4) is 0 Å². The van der Waals surface area contributed by atoms with Gasteiger partial charge in [-0.25, -0.2) is 0 Å². The monoisotopic (exact) mass is 613 g/mol. The summed E-state index contributed by atoms with van der Waals surface area (Å²) >= 11 is 3.86. The third-order valence-electron chi connectivity index (χ3n) is 6.95. The number of ether oxygens (including phenoxy) is 5. The van der Waals surface area contributed by atoms with Crippen LogP contribution in [0.25, 0.3) is 0 Å². The number of hydrogen-bond donors (Lipinski definition) is 13. The molecule has 3 aliphatic heterocycles. The van der Waals surface area contributed by atoms with Crippen molar-refractivity contribution in [3.63, 3.8) is 0 Å². The van der Waals surface area contributed by atoms with Gasteiger partial charge in [0.25, 0.3) is 10.1 Å². The molecule has 0 aromatic heterocycles. The minimum Gasteiger partial charge on any atom is -0.394 e. The number of rotatable bonds is 8. The summed E-state index contributed by atoms with van der Waals surface area (Å²) in [7, 11) is -5.58. The lowest BCUT2D eigenvalue weighted by Crippen LogP contribution is -2.77. The molecule has 0 aromatic carbocycles. The molecule has 15 N–H and O–H groups in total. The molecule has 3 aliphatic rings. The fraction of sp³-hybridized carbons (Fsp3) is 1.00. The Morgan fingerprint density at radius 1 is 0.846 bits per heavy atom. The molecule has 3 saturated heterocycles. The van der Waals surface area contributed by atoms with Crippen molar-refractivity contribution in [1.82, 2.24) is 0 Å². The van der Waals surface area contributed by atoms with Crippen molar-refractivity contribution in [2.75, 3.05) is 19.8 Å². The van der Waals surface area contributed by atoms with E-state index in [1.54, 1.807) is 0 Å². The van der Waals surface area contributed by atoms with Crippen molar-refractivity contribution in [3.8, 4) is 0 Å². The average Bonchev–Trinajstić information content (AvgIpc) is 2.89. The van der Waals surface area contributed by atoms with Gasteiger partial charge in [0, 0.05) is 0 Å². The van der Waals surface area contributed by atoms with Crippen molar-refractivity contribution in [3.05, 3.63) is 0 Å². The van der Waals surface area contributed by atoms with E-state index in [1.165, 1.54) is 0 Å². The van der Waals surface area contributed by atoms with Crippen LogP contribution in [0.1, 0.15) is 0 Å². The van der Waals surface area contributed by atoms with Crippen LogP contribution in [-0.2, 0) is 33.8 Å². The summed E-state index contributed by atoms with van der Waals surface area (Å²) in [4.78, 5) is -6.14. The molecule has 0 saturated carbocycles. The molecule has 15 atom stereocenters. The zero-order chi connectivity index (χ0) is 29.7. The molecule has 0 aromatic rings. The van der Waals surface area contributed by atoms with Crippen molar-refractivity contribution in [2.24, 2.45) is 17.2 Å². The van der Waals surface area contributed by atoms with E-state index < -0.39 is 120 Å². The van der Waals surface area contributed by atoms with Crippen LogP contribution < -0.4 is 17.2 Å². The second kappa shape index (κ2) is 12.1.